The highest BCUT2D eigenvalue weighted by molar-refractivity contribution is 5.70. The van der Waals surface area contributed by atoms with Gasteiger partial charge in [-0.1, -0.05) is 25.1 Å². The summed E-state index contributed by atoms with van der Waals surface area (Å²) in [5.74, 6) is 1.04. The van der Waals surface area contributed by atoms with E-state index in [-0.39, 0.29) is 5.41 Å². The van der Waals surface area contributed by atoms with Crippen LogP contribution < -0.4 is 14.4 Å². The van der Waals surface area contributed by atoms with Crippen molar-refractivity contribution >= 4 is 11.8 Å². The molecule has 2 heterocycles. The number of benzene rings is 2. The highest BCUT2D eigenvalue weighted by atomic mass is 16.7. The molecule has 5 heteroatoms. The zero-order valence-electron chi connectivity index (χ0n) is 15.7. The number of hydrogen-bond donors (Lipinski definition) is 0. The molecule has 2 aromatic rings. The molecule has 1 saturated heterocycles. The molecule has 0 N–H and O–H groups in total. The number of carbonyl (C=O) groups is 1. The number of rotatable bonds is 2. The van der Waals surface area contributed by atoms with Crippen molar-refractivity contribution in [2.45, 2.75) is 31.8 Å². The number of nitrogens with zero attached hydrogens (tertiary/aromatic N) is 2. The Morgan fingerprint density at radius 2 is 1.92 bits per heavy atom. The van der Waals surface area contributed by atoms with E-state index in [1.54, 1.807) is 6.07 Å². The van der Waals surface area contributed by atoms with Crippen LogP contribution in [0.25, 0.3) is 0 Å². The summed E-state index contributed by atoms with van der Waals surface area (Å²) in [6, 6.07) is 13.2. The molecule has 2 aliphatic heterocycles. The summed E-state index contributed by atoms with van der Waals surface area (Å²) in [5, 5.41) is 0. The van der Waals surface area contributed by atoms with E-state index in [1.807, 2.05) is 43.3 Å². The van der Waals surface area contributed by atoms with E-state index in [0.717, 1.165) is 18.5 Å². The second-order valence-corrected chi connectivity index (χ2v) is 7.53. The fraction of sp³-hybridized carbons (Fsp3) is 0.381. The number of carbonyl (C=O) groups excluding carboxylic acids is 1. The first-order valence-electron chi connectivity index (χ1n) is 8.93. The Bertz CT molecular complexity index is 866. The predicted octanol–water partition coefficient (Wildman–Crippen LogP) is 3.94. The molecule has 2 aliphatic rings. The van der Waals surface area contributed by atoms with Crippen LogP contribution >= 0.6 is 0 Å². The van der Waals surface area contributed by atoms with Crippen molar-refractivity contribution in [3.63, 3.8) is 0 Å². The standard InChI is InChI=1S/C21H24N2O3/c1-14-7-5-6-8-18(14)26-20(24)25-15-9-10-17-16(13-15)21(2)11-12-22(3)19(21)23(17)4/h5-10,13,19H,11-12H2,1-4H3/t19-,21-/m0/s1. The normalized spacial score (nSPS) is 24.3. The zero-order valence-corrected chi connectivity index (χ0v) is 15.7. The summed E-state index contributed by atoms with van der Waals surface area (Å²) in [6.45, 7) is 5.25. The highest BCUT2D eigenvalue weighted by Gasteiger charge is 2.52. The number of likely N-dealkylation sites (N-methyl/N-ethyl adjacent to an activating group) is 2. The van der Waals surface area contributed by atoms with Crippen LogP contribution in [-0.2, 0) is 5.41 Å². The molecular formula is C21H24N2O3. The first-order chi connectivity index (χ1) is 12.4. The lowest BCUT2D eigenvalue weighted by molar-refractivity contribution is 0.151. The van der Waals surface area contributed by atoms with Crippen LogP contribution in [0.2, 0.25) is 0 Å². The van der Waals surface area contributed by atoms with Gasteiger partial charge in [-0.05, 0) is 55.8 Å². The summed E-state index contributed by atoms with van der Waals surface area (Å²) >= 11 is 0. The van der Waals surface area contributed by atoms with Crippen molar-refractivity contribution in [1.29, 1.82) is 0 Å². The van der Waals surface area contributed by atoms with Crippen molar-refractivity contribution in [3.8, 4) is 11.5 Å². The molecule has 0 bridgehead atoms. The van der Waals surface area contributed by atoms with Gasteiger partial charge in [0, 0.05) is 24.7 Å². The van der Waals surface area contributed by atoms with Gasteiger partial charge in [-0.15, -0.1) is 0 Å². The van der Waals surface area contributed by atoms with Crippen molar-refractivity contribution in [3.05, 3.63) is 53.6 Å². The van der Waals surface area contributed by atoms with Gasteiger partial charge in [-0.25, -0.2) is 4.79 Å². The molecule has 0 radical (unpaired) electrons. The van der Waals surface area contributed by atoms with Crippen molar-refractivity contribution in [2.75, 3.05) is 25.5 Å². The predicted molar refractivity (Wildman–Crippen MR) is 101 cm³/mol. The summed E-state index contributed by atoms with van der Waals surface area (Å²) in [7, 11) is 4.29. The quantitative estimate of drug-likeness (QED) is 0.605. The molecule has 5 nitrogen and oxygen atoms in total. The number of para-hydroxylation sites is 1. The number of ether oxygens (including phenoxy) is 2. The Balaban J connectivity index is 1.56. The summed E-state index contributed by atoms with van der Waals surface area (Å²) in [5.41, 5.74) is 3.36. The third-order valence-electron chi connectivity index (χ3n) is 5.79. The molecule has 1 fully saturated rings. The highest BCUT2D eigenvalue weighted by Crippen LogP contribution is 2.51. The summed E-state index contributed by atoms with van der Waals surface area (Å²) < 4.78 is 10.8. The fourth-order valence-electron chi connectivity index (χ4n) is 4.50. The van der Waals surface area contributed by atoms with E-state index in [2.05, 4.69) is 30.8 Å². The molecule has 0 spiro atoms. The average molecular weight is 352 g/mol. The molecule has 136 valence electrons. The maximum atomic E-state index is 12.2. The molecule has 2 atom stereocenters. The Labute approximate surface area is 154 Å². The van der Waals surface area contributed by atoms with E-state index >= 15 is 0 Å². The number of likely N-dealkylation sites (tertiary alicyclic amines) is 1. The lowest BCUT2D eigenvalue weighted by Gasteiger charge is -2.32. The van der Waals surface area contributed by atoms with Crippen LogP contribution in [0.3, 0.4) is 0 Å². The van der Waals surface area contributed by atoms with Crippen LogP contribution in [-0.4, -0.2) is 37.9 Å². The van der Waals surface area contributed by atoms with Crippen LogP contribution in [0.5, 0.6) is 11.5 Å². The first kappa shape index (κ1) is 16.9. The minimum absolute atomic E-state index is 0.0398. The molecule has 0 aliphatic carbocycles. The average Bonchev–Trinajstić information content (AvgIpc) is 3.03. The van der Waals surface area contributed by atoms with Crippen molar-refractivity contribution in [1.82, 2.24) is 4.90 Å². The minimum Gasteiger partial charge on any atom is -0.395 e. The van der Waals surface area contributed by atoms with Gasteiger partial charge in [0.15, 0.2) is 0 Å². The molecule has 0 saturated carbocycles. The minimum atomic E-state index is -0.712. The van der Waals surface area contributed by atoms with Gasteiger partial charge >= 0.3 is 6.16 Å². The maximum Gasteiger partial charge on any atom is 0.519 e. The summed E-state index contributed by atoms with van der Waals surface area (Å²) in [6.07, 6.45) is 0.713. The second-order valence-electron chi connectivity index (χ2n) is 7.53. The van der Waals surface area contributed by atoms with Gasteiger partial charge in [-0.2, -0.15) is 0 Å². The van der Waals surface area contributed by atoms with Gasteiger partial charge in [-0.3, -0.25) is 4.90 Å². The van der Waals surface area contributed by atoms with Crippen molar-refractivity contribution in [2.24, 2.45) is 0 Å². The molecular weight excluding hydrogens is 328 g/mol. The topological polar surface area (TPSA) is 42.0 Å². The van der Waals surface area contributed by atoms with E-state index < -0.39 is 6.16 Å². The Hall–Kier alpha value is -2.53. The molecule has 0 unspecified atom stereocenters. The lowest BCUT2D eigenvalue weighted by Crippen LogP contribution is -2.45. The van der Waals surface area contributed by atoms with Crippen LogP contribution in [0.4, 0.5) is 10.5 Å². The van der Waals surface area contributed by atoms with Crippen LogP contribution in [0, 0.1) is 6.92 Å². The van der Waals surface area contributed by atoms with E-state index in [1.165, 1.54) is 11.3 Å². The smallest absolute Gasteiger partial charge is 0.395 e. The van der Waals surface area contributed by atoms with Gasteiger partial charge in [0.2, 0.25) is 0 Å². The van der Waals surface area contributed by atoms with Gasteiger partial charge < -0.3 is 14.4 Å². The number of anilines is 1. The van der Waals surface area contributed by atoms with Gasteiger partial charge in [0.05, 0.1) is 6.17 Å². The molecule has 2 aromatic carbocycles. The SMILES string of the molecule is Cc1ccccc1OC(=O)Oc1ccc2c(c1)[C@]1(C)CCN(C)[C@H]1N2C. The summed E-state index contributed by atoms with van der Waals surface area (Å²) in [4.78, 5) is 16.9. The molecule has 0 aromatic heterocycles. The number of fused-ring (bicyclic) bond motifs is 3. The Morgan fingerprint density at radius 1 is 1.15 bits per heavy atom. The Morgan fingerprint density at radius 3 is 2.69 bits per heavy atom. The molecule has 26 heavy (non-hydrogen) atoms. The van der Waals surface area contributed by atoms with Crippen molar-refractivity contribution < 1.29 is 14.3 Å². The maximum absolute atomic E-state index is 12.2. The largest absolute Gasteiger partial charge is 0.519 e. The van der Waals surface area contributed by atoms with Gasteiger partial charge in [0.25, 0.3) is 0 Å². The second kappa shape index (κ2) is 6.02. The van der Waals surface area contributed by atoms with Gasteiger partial charge in [0.1, 0.15) is 11.5 Å². The first-order valence-corrected chi connectivity index (χ1v) is 8.93. The third-order valence-corrected chi connectivity index (χ3v) is 5.79. The lowest BCUT2D eigenvalue weighted by atomic mass is 9.81. The monoisotopic (exact) mass is 352 g/mol. The number of hydrogen-bond acceptors (Lipinski definition) is 5. The van der Waals surface area contributed by atoms with Crippen LogP contribution in [0.1, 0.15) is 24.5 Å². The van der Waals surface area contributed by atoms with E-state index in [4.69, 9.17) is 9.47 Å². The number of aryl methyl sites for hydroxylation is 1. The molecule has 0 amide bonds. The Kier molecular flexibility index (Phi) is 3.92. The third kappa shape index (κ3) is 2.54. The van der Waals surface area contributed by atoms with E-state index in [0.29, 0.717) is 17.7 Å². The van der Waals surface area contributed by atoms with E-state index in [9.17, 15) is 4.79 Å². The molecule has 4 rings (SSSR count). The zero-order chi connectivity index (χ0) is 18.5. The van der Waals surface area contributed by atoms with Crippen LogP contribution in [0.15, 0.2) is 42.5 Å². The fourth-order valence-corrected chi connectivity index (χ4v) is 4.50.